The maximum atomic E-state index is 4.18. The fraction of sp³-hybridized carbons (Fsp3) is 0.250. The molecule has 0 N–H and O–H groups in total. The molecule has 0 fully saturated rings. The molecule has 0 aliphatic heterocycles. The molecular weight excluding hydrogens is 192 g/mol. The molecule has 0 aromatic heterocycles. The van der Waals surface area contributed by atoms with Crippen molar-refractivity contribution >= 4 is 11.1 Å². The number of allylic oxidation sites excluding steroid dienone is 4. The van der Waals surface area contributed by atoms with Gasteiger partial charge in [0.2, 0.25) is 0 Å². The van der Waals surface area contributed by atoms with E-state index in [0.717, 1.165) is 11.1 Å². The van der Waals surface area contributed by atoms with E-state index in [4.69, 9.17) is 0 Å². The second kappa shape index (κ2) is 3.48. The predicted octanol–water partition coefficient (Wildman–Crippen LogP) is 4.70. The fourth-order valence-electron chi connectivity index (χ4n) is 2.09. The molecule has 0 heteroatoms. The second-order valence-electron chi connectivity index (χ2n) is 5.43. The zero-order valence-electron chi connectivity index (χ0n) is 10.3. The van der Waals surface area contributed by atoms with Crippen LogP contribution < -0.4 is 0 Å². The standard InChI is InChI=1S/C16H18/c1-11-13-8-6-7-9-14(13)12(2)15(11)10-16(3,4)5/h6-10H,1-2H2,3-5H3. The van der Waals surface area contributed by atoms with Crippen molar-refractivity contribution in [2.24, 2.45) is 5.41 Å². The molecule has 1 aliphatic carbocycles. The maximum Gasteiger partial charge on any atom is -0.0105 e. The normalized spacial score (nSPS) is 15.3. The zero-order chi connectivity index (χ0) is 11.9. The van der Waals surface area contributed by atoms with Crippen molar-refractivity contribution in [2.75, 3.05) is 0 Å². The van der Waals surface area contributed by atoms with Gasteiger partial charge >= 0.3 is 0 Å². The van der Waals surface area contributed by atoms with Crippen LogP contribution in [0.4, 0.5) is 0 Å². The van der Waals surface area contributed by atoms with Gasteiger partial charge in [0.25, 0.3) is 0 Å². The Hall–Kier alpha value is -1.56. The van der Waals surface area contributed by atoms with Gasteiger partial charge in [0, 0.05) is 0 Å². The third-order valence-corrected chi connectivity index (χ3v) is 2.80. The monoisotopic (exact) mass is 210 g/mol. The van der Waals surface area contributed by atoms with Gasteiger partial charge in [-0.15, -0.1) is 0 Å². The quantitative estimate of drug-likeness (QED) is 0.582. The van der Waals surface area contributed by atoms with Crippen molar-refractivity contribution < 1.29 is 0 Å². The van der Waals surface area contributed by atoms with E-state index in [1.54, 1.807) is 0 Å². The Morgan fingerprint density at radius 3 is 1.75 bits per heavy atom. The van der Waals surface area contributed by atoms with Gasteiger partial charge in [-0.2, -0.15) is 0 Å². The predicted molar refractivity (Wildman–Crippen MR) is 72.0 cm³/mol. The van der Waals surface area contributed by atoms with E-state index in [9.17, 15) is 0 Å². The summed E-state index contributed by atoms with van der Waals surface area (Å²) < 4.78 is 0. The largest absolute Gasteiger partial charge is 0.0905 e. The van der Waals surface area contributed by atoms with E-state index in [1.807, 2.05) is 0 Å². The number of fused-ring (bicyclic) bond motifs is 1. The fourth-order valence-corrected chi connectivity index (χ4v) is 2.09. The molecule has 0 radical (unpaired) electrons. The van der Waals surface area contributed by atoms with E-state index >= 15 is 0 Å². The minimum Gasteiger partial charge on any atom is -0.0905 e. The second-order valence-corrected chi connectivity index (χ2v) is 5.43. The third-order valence-electron chi connectivity index (χ3n) is 2.80. The van der Waals surface area contributed by atoms with E-state index in [-0.39, 0.29) is 5.41 Å². The molecule has 0 saturated heterocycles. The Labute approximate surface area is 98.0 Å². The highest BCUT2D eigenvalue weighted by Gasteiger charge is 2.24. The summed E-state index contributed by atoms with van der Waals surface area (Å²) in [5.74, 6) is 0. The first-order valence-electron chi connectivity index (χ1n) is 5.61. The molecule has 1 aromatic carbocycles. The lowest BCUT2D eigenvalue weighted by molar-refractivity contribution is 0.543. The van der Waals surface area contributed by atoms with Gasteiger partial charge in [-0.25, -0.2) is 0 Å². The van der Waals surface area contributed by atoms with Crippen LogP contribution >= 0.6 is 0 Å². The van der Waals surface area contributed by atoms with Gasteiger partial charge in [0.15, 0.2) is 0 Å². The van der Waals surface area contributed by atoms with Crippen LogP contribution in [0.1, 0.15) is 31.9 Å². The Bertz CT molecular complexity index is 456. The number of rotatable bonds is 0. The zero-order valence-corrected chi connectivity index (χ0v) is 10.3. The molecular formula is C16H18. The average molecular weight is 210 g/mol. The summed E-state index contributed by atoms with van der Waals surface area (Å²) in [6, 6.07) is 8.34. The van der Waals surface area contributed by atoms with E-state index in [2.05, 4.69) is 64.3 Å². The van der Waals surface area contributed by atoms with Crippen LogP contribution in [0, 0.1) is 5.41 Å². The molecule has 82 valence electrons. The van der Waals surface area contributed by atoms with Crippen molar-refractivity contribution in [3.8, 4) is 0 Å². The van der Waals surface area contributed by atoms with E-state index < -0.39 is 0 Å². The summed E-state index contributed by atoms with van der Waals surface area (Å²) in [6.45, 7) is 15.0. The smallest absolute Gasteiger partial charge is 0.0105 e. The topological polar surface area (TPSA) is 0 Å². The lowest BCUT2D eigenvalue weighted by Crippen LogP contribution is -2.00. The Morgan fingerprint density at radius 2 is 1.38 bits per heavy atom. The number of hydrogen-bond acceptors (Lipinski definition) is 0. The molecule has 16 heavy (non-hydrogen) atoms. The first kappa shape index (κ1) is 10.9. The van der Waals surface area contributed by atoms with Gasteiger partial charge in [-0.3, -0.25) is 0 Å². The first-order chi connectivity index (χ1) is 7.40. The minimum absolute atomic E-state index is 0.156. The van der Waals surface area contributed by atoms with Crippen LogP contribution in [0.2, 0.25) is 0 Å². The maximum absolute atomic E-state index is 4.18. The highest BCUT2D eigenvalue weighted by molar-refractivity contribution is 6.06. The van der Waals surface area contributed by atoms with Crippen molar-refractivity contribution in [1.82, 2.24) is 0 Å². The van der Waals surface area contributed by atoms with Crippen LogP contribution in [-0.2, 0) is 0 Å². The van der Waals surface area contributed by atoms with Crippen LogP contribution in [0.25, 0.3) is 11.1 Å². The summed E-state index contributed by atoms with van der Waals surface area (Å²) >= 11 is 0. The van der Waals surface area contributed by atoms with Crippen LogP contribution in [0.5, 0.6) is 0 Å². The number of hydrogen-bond donors (Lipinski definition) is 0. The van der Waals surface area contributed by atoms with Crippen LogP contribution in [0.3, 0.4) is 0 Å². The molecule has 0 saturated carbocycles. The van der Waals surface area contributed by atoms with Gasteiger partial charge in [-0.05, 0) is 33.3 Å². The molecule has 0 amide bonds. The highest BCUT2D eigenvalue weighted by atomic mass is 14.3. The summed E-state index contributed by atoms with van der Waals surface area (Å²) in [4.78, 5) is 0. The van der Waals surface area contributed by atoms with Crippen LogP contribution in [-0.4, -0.2) is 0 Å². The Balaban J connectivity index is 2.55. The molecule has 0 bridgehead atoms. The lowest BCUT2D eigenvalue weighted by Gasteiger charge is -2.14. The highest BCUT2D eigenvalue weighted by Crippen LogP contribution is 2.44. The molecule has 2 rings (SSSR count). The van der Waals surface area contributed by atoms with Crippen molar-refractivity contribution in [3.05, 3.63) is 60.2 Å². The molecule has 1 aromatic rings. The van der Waals surface area contributed by atoms with Crippen molar-refractivity contribution in [2.45, 2.75) is 20.8 Å². The molecule has 0 heterocycles. The molecule has 0 unspecified atom stereocenters. The molecule has 0 nitrogen and oxygen atoms in total. The van der Waals surface area contributed by atoms with Crippen molar-refractivity contribution in [3.63, 3.8) is 0 Å². The van der Waals surface area contributed by atoms with Crippen LogP contribution in [0.15, 0.2) is 49.1 Å². The van der Waals surface area contributed by atoms with Gasteiger partial charge in [0.05, 0.1) is 0 Å². The Morgan fingerprint density at radius 1 is 0.938 bits per heavy atom. The first-order valence-corrected chi connectivity index (χ1v) is 5.61. The molecule has 0 atom stereocenters. The van der Waals surface area contributed by atoms with E-state index in [0.29, 0.717) is 0 Å². The molecule has 1 aliphatic rings. The summed E-state index contributed by atoms with van der Waals surface area (Å²) in [6.07, 6.45) is 2.26. The van der Waals surface area contributed by atoms with Gasteiger partial charge in [0.1, 0.15) is 0 Å². The van der Waals surface area contributed by atoms with E-state index in [1.165, 1.54) is 16.7 Å². The molecule has 0 spiro atoms. The summed E-state index contributed by atoms with van der Waals surface area (Å²) in [7, 11) is 0. The SMILES string of the molecule is C=C1C(=CC(C)(C)C)C(=C)c2ccccc21. The van der Waals surface area contributed by atoms with Gasteiger partial charge in [-0.1, -0.05) is 64.3 Å². The minimum atomic E-state index is 0.156. The van der Waals surface area contributed by atoms with Gasteiger partial charge < -0.3 is 0 Å². The Kier molecular flexibility index (Phi) is 2.38. The summed E-state index contributed by atoms with van der Waals surface area (Å²) in [5, 5.41) is 0. The van der Waals surface area contributed by atoms with Crippen molar-refractivity contribution in [1.29, 1.82) is 0 Å². The lowest BCUT2D eigenvalue weighted by atomic mass is 9.90. The average Bonchev–Trinajstić information content (AvgIpc) is 2.43. The number of benzene rings is 1. The summed E-state index contributed by atoms with van der Waals surface area (Å²) in [5.41, 5.74) is 6.02. The third kappa shape index (κ3) is 1.76.